The summed E-state index contributed by atoms with van der Waals surface area (Å²) in [5.41, 5.74) is 2.83. The van der Waals surface area contributed by atoms with Gasteiger partial charge < -0.3 is 9.15 Å². The highest BCUT2D eigenvalue weighted by atomic mass is 16.5. The number of carbonyl (C=O) groups excluding carboxylic acids is 2. The molecule has 1 atom stereocenters. The number of nitrogens with one attached hydrogen (secondary N) is 1. The molecule has 4 rings (SSSR count). The number of esters is 1. The Kier molecular flexibility index (Phi) is 5.89. The van der Waals surface area contributed by atoms with Gasteiger partial charge in [0.15, 0.2) is 5.76 Å². The molecule has 4 aromatic rings. The maximum absolute atomic E-state index is 13.0. The summed E-state index contributed by atoms with van der Waals surface area (Å²) in [6.45, 7) is 1.26. The third-order valence-electron chi connectivity index (χ3n) is 4.56. The Morgan fingerprint density at radius 2 is 1.39 bits per heavy atom. The second-order valence-corrected chi connectivity index (χ2v) is 6.82. The van der Waals surface area contributed by atoms with Gasteiger partial charge in [0.05, 0.1) is 0 Å². The number of rotatable bonds is 6. The second kappa shape index (κ2) is 9.09. The summed E-state index contributed by atoms with van der Waals surface area (Å²) in [5, 5.41) is 2.65. The van der Waals surface area contributed by atoms with Gasteiger partial charge in [-0.2, -0.15) is 4.98 Å². The molecule has 0 bridgehead atoms. The highest BCUT2D eigenvalue weighted by Gasteiger charge is 2.26. The lowest BCUT2D eigenvalue weighted by molar-refractivity contribution is -0.152. The second-order valence-electron chi connectivity index (χ2n) is 6.82. The van der Waals surface area contributed by atoms with Crippen molar-refractivity contribution in [3.05, 3.63) is 96.6 Å². The molecule has 0 unspecified atom stereocenters. The first-order valence-electron chi connectivity index (χ1n) is 9.76. The van der Waals surface area contributed by atoms with Gasteiger partial charge in [0.1, 0.15) is 5.69 Å². The molecule has 6 heteroatoms. The summed E-state index contributed by atoms with van der Waals surface area (Å²) < 4.78 is 11.2. The zero-order valence-electron chi connectivity index (χ0n) is 16.8. The minimum absolute atomic E-state index is 0.0239. The Hall–Kier alpha value is -4.19. The normalized spacial score (nSPS) is 11.5. The van der Waals surface area contributed by atoms with Gasteiger partial charge in [-0.05, 0) is 0 Å². The van der Waals surface area contributed by atoms with Crippen LogP contribution in [0.5, 0.6) is 0 Å². The Morgan fingerprint density at radius 1 is 0.839 bits per heavy atom. The van der Waals surface area contributed by atoms with E-state index < -0.39 is 18.0 Å². The molecule has 1 amide bonds. The number of hydrogen-bond donors (Lipinski definition) is 1. The van der Waals surface area contributed by atoms with Gasteiger partial charge in [-0.3, -0.25) is 14.9 Å². The van der Waals surface area contributed by atoms with E-state index in [4.69, 9.17) is 9.15 Å². The van der Waals surface area contributed by atoms with Crippen molar-refractivity contribution in [1.29, 1.82) is 0 Å². The number of nitrogens with zero attached hydrogens (tertiary/aromatic N) is 1. The number of aromatic nitrogens is 1. The average molecular weight is 412 g/mol. The molecule has 0 aliphatic heterocycles. The smallest absolute Gasteiger partial charge is 0.303 e. The number of ether oxygens (including phenoxy) is 1. The van der Waals surface area contributed by atoms with Crippen LogP contribution in [0.25, 0.3) is 22.6 Å². The number of hydrogen-bond acceptors (Lipinski definition) is 5. The minimum Gasteiger partial charge on any atom is -0.447 e. The van der Waals surface area contributed by atoms with E-state index in [0.717, 1.165) is 11.1 Å². The van der Waals surface area contributed by atoms with Crippen LogP contribution >= 0.6 is 0 Å². The van der Waals surface area contributed by atoms with E-state index in [1.54, 1.807) is 24.3 Å². The molecule has 0 saturated heterocycles. The van der Waals surface area contributed by atoms with Gasteiger partial charge in [-0.25, -0.2) is 0 Å². The zero-order chi connectivity index (χ0) is 21.6. The summed E-state index contributed by atoms with van der Waals surface area (Å²) in [4.78, 5) is 29.0. The van der Waals surface area contributed by atoms with E-state index in [2.05, 4.69) is 10.3 Å². The maximum Gasteiger partial charge on any atom is 0.303 e. The highest BCUT2D eigenvalue weighted by Crippen LogP contribution is 2.34. The molecule has 0 radical (unpaired) electrons. The van der Waals surface area contributed by atoms with E-state index in [0.29, 0.717) is 17.0 Å². The fraction of sp³-hybridized carbons (Fsp3) is 0.0800. The molecule has 1 aromatic heterocycles. The highest BCUT2D eigenvalue weighted by molar-refractivity contribution is 5.95. The Morgan fingerprint density at radius 3 is 1.97 bits per heavy atom. The lowest BCUT2D eigenvalue weighted by Crippen LogP contribution is -2.25. The van der Waals surface area contributed by atoms with E-state index in [-0.39, 0.29) is 6.01 Å². The Bertz CT molecular complexity index is 1120. The molecule has 154 valence electrons. The largest absolute Gasteiger partial charge is 0.447 e. The number of benzene rings is 3. The third-order valence-corrected chi connectivity index (χ3v) is 4.56. The predicted molar refractivity (Wildman–Crippen MR) is 117 cm³/mol. The van der Waals surface area contributed by atoms with E-state index >= 15 is 0 Å². The number of amides is 1. The number of anilines is 1. The van der Waals surface area contributed by atoms with Crippen LogP contribution in [-0.2, 0) is 14.3 Å². The SMILES string of the molecule is CC(=O)O[C@H](C(=O)Nc1nc(-c2ccccc2)c(-c2ccccc2)o1)c1ccccc1. The van der Waals surface area contributed by atoms with Gasteiger partial charge in [-0.1, -0.05) is 91.0 Å². The molecule has 31 heavy (non-hydrogen) atoms. The van der Waals surface area contributed by atoms with Gasteiger partial charge in [-0.15, -0.1) is 0 Å². The third kappa shape index (κ3) is 4.70. The molecule has 6 nitrogen and oxygen atoms in total. The van der Waals surface area contributed by atoms with Gasteiger partial charge >= 0.3 is 12.0 Å². The van der Waals surface area contributed by atoms with Gasteiger partial charge in [0.25, 0.3) is 5.91 Å². The van der Waals surface area contributed by atoms with Crippen LogP contribution in [0.2, 0.25) is 0 Å². The monoisotopic (exact) mass is 412 g/mol. The average Bonchev–Trinajstić information content (AvgIpc) is 3.23. The standard InChI is InChI=1S/C25H20N2O4/c1-17(28)30-23(20-15-9-4-10-16-20)24(29)27-25-26-21(18-11-5-2-6-12-18)22(31-25)19-13-7-3-8-14-19/h2-16,23H,1H3,(H,26,27,29)/t23-/m0/s1. The molecule has 0 spiro atoms. The van der Waals surface area contributed by atoms with Crippen molar-refractivity contribution < 1.29 is 18.7 Å². The van der Waals surface area contributed by atoms with Gasteiger partial charge in [0.2, 0.25) is 6.10 Å². The first kappa shape index (κ1) is 20.1. The first-order chi connectivity index (χ1) is 15.1. The summed E-state index contributed by atoms with van der Waals surface area (Å²) in [6, 6.07) is 27.9. The molecule has 0 saturated carbocycles. The van der Waals surface area contributed by atoms with Crippen molar-refractivity contribution in [1.82, 2.24) is 4.98 Å². The van der Waals surface area contributed by atoms with Crippen molar-refractivity contribution in [3.63, 3.8) is 0 Å². The molecule has 0 fully saturated rings. The zero-order valence-corrected chi connectivity index (χ0v) is 16.8. The maximum atomic E-state index is 13.0. The first-order valence-corrected chi connectivity index (χ1v) is 9.76. The molecule has 0 aliphatic rings. The van der Waals surface area contributed by atoms with Crippen LogP contribution in [0.15, 0.2) is 95.4 Å². The van der Waals surface area contributed by atoms with Crippen molar-refractivity contribution in [2.24, 2.45) is 0 Å². The Labute approximate surface area is 179 Å². The summed E-state index contributed by atoms with van der Waals surface area (Å²) in [7, 11) is 0. The van der Waals surface area contributed by atoms with E-state index in [1.807, 2.05) is 66.7 Å². The van der Waals surface area contributed by atoms with Crippen LogP contribution in [0, 0.1) is 0 Å². The molecule has 1 N–H and O–H groups in total. The van der Waals surface area contributed by atoms with Crippen LogP contribution in [0.3, 0.4) is 0 Å². The van der Waals surface area contributed by atoms with Gasteiger partial charge in [0, 0.05) is 23.6 Å². The molecular formula is C25H20N2O4. The molecule has 3 aromatic carbocycles. The quantitative estimate of drug-likeness (QED) is 0.437. The number of carbonyl (C=O) groups is 2. The Balaban J connectivity index is 1.69. The van der Waals surface area contributed by atoms with Crippen LogP contribution in [0.1, 0.15) is 18.6 Å². The fourth-order valence-corrected chi connectivity index (χ4v) is 3.19. The lowest BCUT2D eigenvalue weighted by atomic mass is 10.1. The van der Waals surface area contributed by atoms with E-state index in [9.17, 15) is 9.59 Å². The molecule has 1 heterocycles. The fourth-order valence-electron chi connectivity index (χ4n) is 3.19. The van der Waals surface area contributed by atoms with E-state index in [1.165, 1.54) is 6.92 Å². The van der Waals surface area contributed by atoms with Crippen LogP contribution < -0.4 is 5.32 Å². The summed E-state index contributed by atoms with van der Waals surface area (Å²) >= 11 is 0. The molecule has 0 aliphatic carbocycles. The van der Waals surface area contributed by atoms with Crippen molar-refractivity contribution >= 4 is 17.9 Å². The van der Waals surface area contributed by atoms with Crippen molar-refractivity contribution in [2.75, 3.05) is 5.32 Å². The predicted octanol–water partition coefficient (Wildman–Crippen LogP) is 5.25. The van der Waals surface area contributed by atoms with Crippen molar-refractivity contribution in [3.8, 4) is 22.6 Å². The molecular weight excluding hydrogens is 392 g/mol. The summed E-state index contributed by atoms with van der Waals surface area (Å²) in [5.74, 6) is -0.584. The van der Waals surface area contributed by atoms with Crippen molar-refractivity contribution in [2.45, 2.75) is 13.0 Å². The van der Waals surface area contributed by atoms with Crippen LogP contribution in [-0.4, -0.2) is 16.9 Å². The topological polar surface area (TPSA) is 81.4 Å². The summed E-state index contributed by atoms with van der Waals surface area (Å²) in [6.07, 6.45) is -1.12. The minimum atomic E-state index is -1.12. The lowest BCUT2D eigenvalue weighted by Gasteiger charge is -2.15. The van der Waals surface area contributed by atoms with Crippen LogP contribution in [0.4, 0.5) is 6.01 Å². The number of oxazole rings is 1.